The second-order valence-corrected chi connectivity index (χ2v) is 11.0. The maximum absolute atomic E-state index is 13.3. The van der Waals surface area contributed by atoms with Crippen molar-refractivity contribution in [3.05, 3.63) is 52.9 Å². The summed E-state index contributed by atoms with van der Waals surface area (Å²) in [7, 11) is 0. The smallest absolute Gasteiger partial charge is 0.233 e. The number of ketones is 1. The van der Waals surface area contributed by atoms with Crippen molar-refractivity contribution in [3.63, 3.8) is 0 Å². The molecule has 1 aromatic heterocycles. The molecule has 3 aromatic rings. The van der Waals surface area contributed by atoms with Crippen molar-refractivity contribution in [1.82, 2.24) is 10.2 Å². The Morgan fingerprint density at radius 1 is 1.12 bits per heavy atom. The van der Waals surface area contributed by atoms with Crippen molar-refractivity contribution in [2.24, 2.45) is 11.7 Å². The van der Waals surface area contributed by atoms with Gasteiger partial charge in [0, 0.05) is 18.7 Å². The van der Waals surface area contributed by atoms with Gasteiger partial charge in [-0.3, -0.25) is 19.3 Å². The predicted octanol–water partition coefficient (Wildman–Crippen LogP) is 3.13. The van der Waals surface area contributed by atoms with E-state index in [2.05, 4.69) is 24.1 Å². The second kappa shape index (κ2) is 12.7. The number of hydrogen-bond donors (Lipinski definition) is 2. The first-order chi connectivity index (χ1) is 19.8. The number of carbonyl (C=O) groups excluding carboxylic acids is 2. The summed E-state index contributed by atoms with van der Waals surface area (Å²) in [6.45, 7) is 6.38. The minimum absolute atomic E-state index is 0.0218. The molecule has 0 saturated carbocycles. The number of ether oxygens (including phenoxy) is 3. The van der Waals surface area contributed by atoms with Crippen LogP contribution in [0.5, 0.6) is 17.2 Å². The van der Waals surface area contributed by atoms with E-state index in [4.69, 9.17) is 24.4 Å². The van der Waals surface area contributed by atoms with Gasteiger partial charge in [0.05, 0.1) is 23.5 Å². The zero-order valence-corrected chi connectivity index (χ0v) is 23.5. The highest BCUT2D eigenvalue weighted by atomic mass is 16.6. The highest BCUT2D eigenvalue weighted by Gasteiger charge is 2.32. The van der Waals surface area contributed by atoms with E-state index in [9.17, 15) is 14.4 Å². The Balaban J connectivity index is 1.24. The first-order valence-corrected chi connectivity index (χ1v) is 14.2. The molecule has 1 amide bonds. The van der Waals surface area contributed by atoms with Crippen LogP contribution in [0.4, 0.5) is 0 Å². The van der Waals surface area contributed by atoms with Crippen molar-refractivity contribution < 1.29 is 28.2 Å². The molecule has 0 spiro atoms. The van der Waals surface area contributed by atoms with Crippen molar-refractivity contribution in [2.75, 3.05) is 39.5 Å². The molecule has 0 unspecified atom stereocenters. The quantitative estimate of drug-likeness (QED) is 0.361. The highest BCUT2D eigenvalue weighted by Crippen LogP contribution is 2.34. The van der Waals surface area contributed by atoms with Crippen molar-refractivity contribution in [1.29, 1.82) is 0 Å². The average molecular weight is 564 g/mol. The SMILES string of the molecule is CC(C)C[C@H](CN1CCC[C@H]1C(=O)COc1ccc2c(=O)c(-c3ccc4c(c3)OCCO4)coc2c1)NC(=O)CN. The summed E-state index contributed by atoms with van der Waals surface area (Å²) in [5, 5.41) is 3.41. The molecule has 0 bridgehead atoms. The standard InChI is InChI=1S/C31H37N3O7/c1-19(2)12-21(33-30(36)15-32)16-34-9-3-4-25(34)26(35)18-40-22-6-7-23-28(14-22)41-17-24(31(23)37)20-5-8-27-29(13-20)39-11-10-38-27/h5-8,13-14,17,19,21,25H,3-4,9-12,15-16,18,32H2,1-2H3,(H,33,36)/t21-,25+/m1/s1. The van der Waals surface area contributed by atoms with Crippen molar-refractivity contribution >= 4 is 22.7 Å². The van der Waals surface area contributed by atoms with E-state index in [1.165, 1.54) is 6.26 Å². The molecule has 10 nitrogen and oxygen atoms in total. The zero-order valence-electron chi connectivity index (χ0n) is 23.5. The first-order valence-electron chi connectivity index (χ1n) is 14.2. The molecular formula is C31H37N3O7. The fourth-order valence-electron chi connectivity index (χ4n) is 5.59. The van der Waals surface area contributed by atoms with Crippen LogP contribution in [0.2, 0.25) is 0 Å². The number of likely N-dealkylation sites (tertiary alicyclic amines) is 1. The fraction of sp³-hybridized carbons (Fsp3) is 0.452. The number of nitrogens with two attached hydrogens (primary N) is 1. The normalized spacial score (nSPS) is 17.5. The third-order valence-corrected chi connectivity index (χ3v) is 7.48. The summed E-state index contributed by atoms with van der Waals surface area (Å²) >= 11 is 0. The molecule has 3 heterocycles. The number of fused-ring (bicyclic) bond motifs is 2. The number of Topliss-reactive ketones (excluding diaryl/α,β-unsaturated/α-hetero) is 1. The van der Waals surface area contributed by atoms with Crippen LogP contribution in [0.1, 0.15) is 33.1 Å². The monoisotopic (exact) mass is 563 g/mol. The van der Waals surface area contributed by atoms with Gasteiger partial charge in [-0.25, -0.2) is 0 Å². The lowest BCUT2D eigenvalue weighted by molar-refractivity contribution is -0.125. The van der Waals surface area contributed by atoms with Gasteiger partial charge in [0.1, 0.15) is 37.4 Å². The highest BCUT2D eigenvalue weighted by molar-refractivity contribution is 5.86. The molecular weight excluding hydrogens is 526 g/mol. The molecule has 1 fully saturated rings. The van der Waals surface area contributed by atoms with Gasteiger partial charge in [-0.05, 0) is 61.6 Å². The van der Waals surface area contributed by atoms with Gasteiger partial charge in [-0.2, -0.15) is 0 Å². The van der Waals surface area contributed by atoms with Crippen LogP contribution in [0.25, 0.3) is 22.1 Å². The summed E-state index contributed by atoms with van der Waals surface area (Å²) in [6, 6.07) is 9.98. The summed E-state index contributed by atoms with van der Waals surface area (Å²) in [6.07, 6.45) is 3.88. The minimum Gasteiger partial charge on any atom is -0.486 e. The summed E-state index contributed by atoms with van der Waals surface area (Å²) in [5.41, 5.74) is 6.79. The number of carbonyl (C=O) groups is 2. The van der Waals surface area contributed by atoms with Crippen molar-refractivity contribution in [2.45, 2.75) is 45.2 Å². The van der Waals surface area contributed by atoms with Gasteiger partial charge in [-0.15, -0.1) is 0 Å². The molecule has 3 N–H and O–H groups in total. The lowest BCUT2D eigenvalue weighted by Crippen LogP contribution is -2.49. The second-order valence-electron chi connectivity index (χ2n) is 11.0. The Morgan fingerprint density at radius 2 is 1.93 bits per heavy atom. The summed E-state index contributed by atoms with van der Waals surface area (Å²) < 4.78 is 22.9. The van der Waals surface area contributed by atoms with Crippen LogP contribution >= 0.6 is 0 Å². The van der Waals surface area contributed by atoms with E-state index in [0.29, 0.717) is 65.0 Å². The molecule has 0 aliphatic carbocycles. The van der Waals surface area contributed by atoms with Crippen LogP contribution in [0, 0.1) is 5.92 Å². The molecule has 1 saturated heterocycles. The Labute approximate surface area is 238 Å². The number of hydrogen-bond acceptors (Lipinski definition) is 9. The minimum atomic E-state index is -0.272. The molecule has 41 heavy (non-hydrogen) atoms. The first kappa shape index (κ1) is 28.6. The van der Waals surface area contributed by atoms with Crippen LogP contribution in [0.15, 0.2) is 51.9 Å². The Hall–Kier alpha value is -3.89. The maximum Gasteiger partial charge on any atom is 0.233 e. The van der Waals surface area contributed by atoms with Gasteiger partial charge in [0.15, 0.2) is 22.7 Å². The van der Waals surface area contributed by atoms with Crippen LogP contribution in [-0.4, -0.2) is 68.1 Å². The van der Waals surface area contributed by atoms with Crippen LogP contribution in [0.3, 0.4) is 0 Å². The largest absolute Gasteiger partial charge is 0.486 e. The van der Waals surface area contributed by atoms with Gasteiger partial charge in [-0.1, -0.05) is 19.9 Å². The van der Waals surface area contributed by atoms with Gasteiger partial charge in [0.2, 0.25) is 5.91 Å². The number of rotatable bonds is 11. The Bertz CT molecular complexity index is 1470. The van der Waals surface area contributed by atoms with Gasteiger partial charge < -0.3 is 29.7 Å². The van der Waals surface area contributed by atoms with Gasteiger partial charge >= 0.3 is 0 Å². The van der Waals surface area contributed by atoms with E-state index in [1.54, 1.807) is 36.4 Å². The molecule has 2 aromatic carbocycles. The number of benzene rings is 2. The van der Waals surface area contributed by atoms with E-state index in [1.807, 2.05) is 0 Å². The third-order valence-electron chi connectivity index (χ3n) is 7.48. The molecule has 10 heteroatoms. The van der Waals surface area contributed by atoms with Crippen LogP contribution < -0.4 is 30.7 Å². The van der Waals surface area contributed by atoms with Crippen LogP contribution in [-0.2, 0) is 9.59 Å². The number of nitrogens with one attached hydrogen (secondary N) is 1. The van der Waals surface area contributed by atoms with E-state index in [-0.39, 0.29) is 42.4 Å². The third kappa shape index (κ3) is 6.71. The maximum atomic E-state index is 13.3. The Kier molecular flexibility index (Phi) is 8.90. The summed E-state index contributed by atoms with van der Waals surface area (Å²) in [4.78, 5) is 40.5. The fourth-order valence-corrected chi connectivity index (χ4v) is 5.59. The predicted molar refractivity (Wildman–Crippen MR) is 154 cm³/mol. The lowest BCUT2D eigenvalue weighted by atomic mass is 10.0. The lowest BCUT2D eigenvalue weighted by Gasteiger charge is -2.29. The molecule has 5 rings (SSSR count). The van der Waals surface area contributed by atoms with Gasteiger partial charge in [0.25, 0.3) is 0 Å². The molecule has 2 atom stereocenters. The van der Waals surface area contributed by atoms with Crippen molar-refractivity contribution in [3.8, 4) is 28.4 Å². The zero-order chi connectivity index (χ0) is 28.9. The summed E-state index contributed by atoms with van der Waals surface area (Å²) in [5.74, 6) is 1.87. The number of amides is 1. The van der Waals surface area contributed by atoms with E-state index in [0.717, 1.165) is 25.8 Å². The molecule has 218 valence electrons. The van der Waals surface area contributed by atoms with E-state index >= 15 is 0 Å². The molecule has 2 aliphatic heterocycles. The molecule has 2 aliphatic rings. The topological polar surface area (TPSA) is 133 Å². The van der Waals surface area contributed by atoms with E-state index < -0.39 is 0 Å². The Morgan fingerprint density at radius 3 is 2.71 bits per heavy atom. The number of nitrogens with zero attached hydrogens (tertiary/aromatic N) is 1. The average Bonchev–Trinajstić information content (AvgIpc) is 3.43. The molecule has 0 radical (unpaired) electrons.